The number of hydrogen-bond acceptors (Lipinski definition) is 5. The highest BCUT2D eigenvalue weighted by Gasteiger charge is 2.33. The Kier molecular flexibility index (Phi) is 4.36. The number of rotatable bonds is 5. The van der Waals surface area contributed by atoms with Gasteiger partial charge in [-0.05, 0) is 18.4 Å². The van der Waals surface area contributed by atoms with Crippen molar-refractivity contribution in [1.29, 1.82) is 0 Å². The molecule has 8 heteroatoms. The maximum atomic E-state index is 12.3. The molecular formula is C12H16N2O5S. The zero-order valence-corrected chi connectivity index (χ0v) is 11.6. The monoisotopic (exact) mass is 300 g/mol. The van der Waals surface area contributed by atoms with Crippen LogP contribution >= 0.6 is 0 Å². The zero-order chi connectivity index (χ0) is 14.8. The highest BCUT2D eigenvalue weighted by Crippen LogP contribution is 2.23. The Balaban J connectivity index is 2.13. The normalized spacial score (nSPS) is 20.1. The SMILES string of the molecule is O=[N+]([O-])c1ccc(CS(=O)(=O)N2CCC[C@@H]2CO)cc1. The number of nitro benzene ring substituents is 1. The minimum atomic E-state index is -3.50. The van der Waals surface area contributed by atoms with E-state index >= 15 is 0 Å². The lowest BCUT2D eigenvalue weighted by Gasteiger charge is -2.22. The Morgan fingerprint density at radius 1 is 1.35 bits per heavy atom. The van der Waals surface area contributed by atoms with Gasteiger partial charge in [-0.1, -0.05) is 12.1 Å². The number of benzene rings is 1. The zero-order valence-electron chi connectivity index (χ0n) is 10.8. The lowest BCUT2D eigenvalue weighted by molar-refractivity contribution is -0.384. The van der Waals surface area contributed by atoms with Crippen molar-refractivity contribution >= 4 is 15.7 Å². The number of nitro groups is 1. The third-order valence-electron chi connectivity index (χ3n) is 3.39. The second-order valence-electron chi connectivity index (χ2n) is 4.77. The molecule has 1 aliphatic rings. The van der Waals surface area contributed by atoms with Crippen LogP contribution in [0, 0.1) is 10.1 Å². The summed E-state index contributed by atoms with van der Waals surface area (Å²) in [7, 11) is -3.50. The summed E-state index contributed by atoms with van der Waals surface area (Å²) < 4.78 is 25.9. The van der Waals surface area contributed by atoms with E-state index in [0.29, 0.717) is 18.5 Å². The first-order valence-electron chi connectivity index (χ1n) is 6.28. The van der Waals surface area contributed by atoms with Gasteiger partial charge in [-0.25, -0.2) is 8.42 Å². The molecule has 0 radical (unpaired) electrons. The largest absolute Gasteiger partial charge is 0.395 e. The predicted octanol–water partition coefficient (Wildman–Crippen LogP) is 0.881. The summed E-state index contributed by atoms with van der Waals surface area (Å²) in [6, 6.07) is 5.12. The number of non-ortho nitro benzene ring substituents is 1. The molecule has 0 bridgehead atoms. The molecule has 1 aromatic carbocycles. The van der Waals surface area contributed by atoms with Crippen molar-refractivity contribution in [3.05, 3.63) is 39.9 Å². The first-order valence-corrected chi connectivity index (χ1v) is 7.88. The molecule has 1 N–H and O–H groups in total. The van der Waals surface area contributed by atoms with Crippen LogP contribution in [0.3, 0.4) is 0 Å². The predicted molar refractivity (Wildman–Crippen MR) is 72.5 cm³/mol. The van der Waals surface area contributed by atoms with Crippen LogP contribution in [0.1, 0.15) is 18.4 Å². The average molecular weight is 300 g/mol. The quantitative estimate of drug-likeness (QED) is 0.642. The molecule has 1 aliphatic heterocycles. The van der Waals surface area contributed by atoms with Crippen molar-refractivity contribution in [2.24, 2.45) is 0 Å². The average Bonchev–Trinajstić information content (AvgIpc) is 2.88. The minimum absolute atomic E-state index is 0.0689. The molecule has 7 nitrogen and oxygen atoms in total. The van der Waals surface area contributed by atoms with Gasteiger partial charge in [-0.2, -0.15) is 4.31 Å². The summed E-state index contributed by atoms with van der Waals surface area (Å²) in [6.45, 7) is 0.236. The van der Waals surface area contributed by atoms with Crippen LogP contribution in [-0.4, -0.2) is 41.9 Å². The molecular weight excluding hydrogens is 284 g/mol. The van der Waals surface area contributed by atoms with Crippen LogP contribution in [0.4, 0.5) is 5.69 Å². The number of hydrogen-bond donors (Lipinski definition) is 1. The van der Waals surface area contributed by atoms with Crippen molar-refractivity contribution < 1.29 is 18.4 Å². The number of aliphatic hydroxyl groups is 1. The van der Waals surface area contributed by atoms with Crippen LogP contribution in [-0.2, 0) is 15.8 Å². The van der Waals surface area contributed by atoms with E-state index in [2.05, 4.69) is 0 Å². The summed E-state index contributed by atoms with van der Waals surface area (Å²) in [5.74, 6) is -0.207. The van der Waals surface area contributed by atoms with Gasteiger partial charge in [-0.15, -0.1) is 0 Å². The van der Waals surface area contributed by atoms with E-state index in [1.807, 2.05) is 0 Å². The summed E-state index contributed by atoms with van der Waals surface area (Å²) in [6.07, 6.45) is 1.40. The Labute approximate surface area is 117 Å². The summed E-state index contributed by atoms with van der Waals surface area (Å²) in [5, 5.41) is 19.7. The third kappa shape index (κ3) is 3.14. The first-order chi connectivity index (χ1) is 9.44. The van der Waals surface area contributed by atoms with Crippen molar-refractivity contribution in [2.75, 3.05) is 13.2 Å². The van der Waals surface area contributed by atoms with E-state index in [0.717, 1.165) is 6.42 Å². The van der Waals surface area contributed by atoms with Gasteiger partial charge in [0, 0.05) is 24.7 Å². The maximum absolute atomic E-state index is 12.3. The number of aliphatic hydroxyl groups excluding tert-OH is 1. The molecule has 0 amide bonds. The Bertz CT molecular complexity index is 584. The van der Waals surface area contributed by atoms with Gasteiger partial charge in [0.2, 0.25) is 10.0 Å². The molecule has 0 aromatic heterocycles. The lowest BCUT2D eigenvalue weighted by Crippen LogP contribution is -2.38. The summed E-state index contributed by atoms with van der Waals surface area (Å²) in [5.41, 5.74) is 0.430. The van der Waals surface area contributed by atoms with E-state index < -0.39 is 14.9 Å². The molecule has 20 heavy (non-hydrogen) atoms. The van der Waals surface area contributed by atoms with Crippen LogP contribution in [0.25, 0.3) is 0 Å². The second kappa shape index (κ2) is 5.86. The van der Waals surface area contributed by atoms with Gasteiger partial charge >= 0.3 is 0 Å². The fourth-order valence-electron chi connectivity index (χ4n) is 2.37. The van der Waals surface area contributed by atoms with Crippen molar-refractivity contribution in [3.8, 4) is 0 Å². The van der Waals surface area contributed by atoms with Crippen LogP contribution < -0.4 is 0 Å². The van der Waals surface area contributed by atoms with E-state index in [-0.39, 0.29) is 24.1 Å². The third-order valence-corrected chi connectivity index (χ3v) is 5.28. The Morgan fingerprint density at radius 2 is 2.00 bits per heavy atom. The van der Waals surface area contributed by atoms with Gasteiger partial charge < -0.3 is 5.11 Å². The lowest BCUT2D eigenvalue weighted by atomic mass is 10.2. The number of sulfonamides is 1. The fraction of sp³-hybridized carbons (Fsp3) is 0.500. The van der Waals surface area contributed by atoms with E-state index in [9.17, 15) is 23.6 Å². The maximum Gasteiger partial charge on any atom is 0.269 e. The Morgan fingerprint density at radius 3 is 2.55 bits per heavy atom. The topological polar surface area (TPSA) is 101 Å². The van der Waals surface area contributed by atoms with Gasteiger partial charge in [0.05, 0.1) is 17.3 Å². The van der Waals surface area contributed by atoms with Crippen molar-refractivity contribution in [1.82, 2.24) is 4.31 Å². The highest BCUT2D eigenvalue weighted by atomic mass is 32.2. The van der Waals surface area contributed by atoms with Crippen LogP contribution in [0.15, 0.2) is 24.3 Å². The standard InChI is InChI=1S/C12H16N2O5S/c15-8-12-2-1-7-13(12)20(18,19)9-10-3-5-11(6-4-10)14(16)17/h3-6,12,15H,1-2,7-9H2/t12-/m1/s1. The van der Waals surface area contributed by atoms with E-state index in [1.54, 1.807) is 0 Å². The smallest absolute Gasteiger partial charge is 0.269 e. The van der Waals surface area contributed by atoms with Gasteiger partial charge in [0.15, 0.2) is 0 Å². The molecule has 0 unspecified atom stereocenters. The van der Waals surface area contributed by atoms with E-state index in [1.165, 1.54) is 28.6 Å². The van der Waals surface area contributed by atoms with Crippen molar-refractivity contribution in [3.63, 3.8) is 0 Å². The fourth-order valence-corrected chi connectivity index (χ4v) is 4.18. The van der Waals surface area contributed by atoms with Crippen LogP contribution in [0.2, 0.25) is 0 Å². The van der Waals surface area contributed by atoms with Gasteiger partial charge in [-0.3, -0.25) is 10.1 Å². The molecule has 1 aromatic rings. The Hall–Kier alpha value is -1.51. The molecule has 2 rings (SSSR count). The van der Waals surface area contributed by atoms with E-state index in [4.69, 9.17) is 0 Å². The minimum Gasteiger partial charge on any atom is -0.395 e. The highest BCUT2D eigenvalue weighted by molar-refractivity contribution is 7.88. The first kappa shape index (κ1) is 14.9. The molecule has 0 saturated carbocycles. The van der Waals surface area contributed by atoms with Crippen molar-refractivity contribution in [2.45, 2.75) is 24.6 Å². The molecule has 1 fully saturated rings. The molecule has 0 aliphatic carbocycles. The van der Waals surface area contributed by atoms with Gasteiger partial charge in [0.1, 0.15) is 0 Å². The molecule has 0 spiro atoms. The molecule has 1 atom stereocenters. The number of nitrogens with zero attached hydrogens (tertiary/aromatic N) is 2. The molecule has 110 valence electrons. The van der Waals surface area contributed by atoms with Gasteiger partial charge in [0.25, 0.3) is 5.69 Å². The molecule has 1 saturated heterocycles. The molecule has 1 heterocycles. The second-order valence-corrected chi connectivity index (χ2v) is 6.69. The summed E-state index contributed by atoms with van der Waals surface area (Å²) in [4.78, 5) is 10.0. The summed E-state index contributed by atoms with van der Waals surface area (Å²) >= 11 is 0. The van der Waals surface area contributed by atoms with Crippen LogP contribution in [0.5, 0.6) is 0 Å².